The molecule has 104 valence electrons. The maximum Gasteiger partial charge on any atom is 0.249 e. The SMILES string of the molecule is Cl.NCCC(=O)NC1CCN(c2ccccc2)C1=O. The number of nitrogens with zero attached hydrogens (tertiary/aromatic N) is 1. The molecule has 3 N–H and O–H groups in total. The van der Waals surface area contributed by atoms with Crippen molar-refractivity contribution >= 4 is 29.9 Å². The lowest BCUT2D eigenvalue weighted by Crippen LogP contribution is -2.42. The van der Waals surface area contributed by atoms with Crippen LogP contribution in [0.1, 0.15) is 12.8 Å². The lowest BCUT2D eigenvalue weighted by molar-refractivity contribution is -0.126. The van der Waals surface area contributed by atoms with E-state index in [1.165, 1.54) is 0 Å². The molecule has 0 bridgehead atoms. The van der Waals surface area contributed by atoms with Crippen LogP contribution in [0.3, 0.4) is 0 Å². The summed E-state index contributed by atoms with van der Waals surface area (Å²) in [7, 11) is 0. The Morgan fingerprint density at radius 2 is 2.05 bits per heavy atom. The van der Waals surface area contributed by atoms with Crippen LogP contribution in [0.2, 0.25) is 0 Å². The van der Waals surface area contributed by atoms with Gasteiger partial charge in [0.2, 0.25) is 11.8 Å². The molecule has 0 radical (unpaired) electrons. The summed E-state index contributed by atoms with van der Waals surface area (Å²) >= 11 is 0. The molecule has 1 aromatic carbocycles. The van der Waals surface area contributed by atoms with Crippen LogP contribution in [0.25, 0.3) is 0 Å². The van der Waals surface area contributed by atoms with Crippen LogP contribution >= 0.6 is 12.4 Å². The zero-order valence-electron chi connectivity index (χ0n) is 10.5. The van der Waals surface area contributed by atoms with Gasteiger partial charge in [0.15, 0.2) is 0 Å². The summed E-state index contributed by atoms with van der Waals surface area (Å²) < 4.78 is 0. The van der Waals surface area contributed by atoms with Crippen LogP contribution in [0.5, 0.6) is 0 Å². The highest BCUT2D eigenvalue weighted by Gasteiger charge is 2.33. The normalized spacial score (nSPS) is 18.1. The first-order valence-electron chi connectivity index (χ1n) is 6.08. The molecule has 2 rings (SSSR count). The number of anilines is 1. The van der Waals surface area contributed by atoms with Gasteiger partial charge >= 0.3 is 0 Å². The summed E-state index contributed by atoms with van der Waals surface area (Å²) in [5, 5.41) is 2.72. The smallest absolute Gasteiger partial charge is 0.249 e. The van der Waals surface area contributed by atoms with Gasteiger partial charge in [-0.3, -0.25) is 9.59 Å². The molecule has 1 saturated heterocycles. The topological polar surface area (TPSA) is 75.4 Å². The van der Waals surface area contributed by atoms with Gasteiger partial charge < -0.3 is 16.0 Å². The number of amides is 2. The predicted molar refractivity (Wildman–Crippen MR) is 76.3 cm³/mol. The van der Waals surface area contributed by atoms with Gasteiger partial charge in [-0.25, -0.2) is 0 Å². The standard InChI is InChI=1S/C13H17N3O2.ClH/c14-8-6-12(17)15-11-7-9-16(13(11)18)10-4-2-1-3-5-10;/h1-5,11H,6-9,14H2,(H,15,17);1H. The summed E-state index contributed by atoms with van der Waals surface area (Å²) in [6, 6.07) is 9.06. The van der Waals surface area contributed by atoms with E-state index in [1.54, 1.807) is 4.90 Å². The molecular formula is C13H18ClN3O2. The average Bonchev–Trinajstić information content (AvgIpc) is 2.72. The Kier molecular flexibility index (Phi) is 5.79. The third-order valence-electron chi connectivity index (χ3n) is 2.98. The van der Waals surface area contributed by atoms with E-state index < -0.39 is 6.04 Å². The van der Waals surface area contributed by atoms with Crippen molar-refractivity contribution in [2.45, 2.75) is 18.9 Å². The first-order chi connectivity index (χ1) is 8.72. The number of nitrogens with one attached hydrogen (secondary N) is 1. The fourth-order valence-electron chi connectivity index (χ4n) is 2.08. The van der Waals surface area contributed by atoms with Crippen molar-refractivity contribution in [2.24, 2.45) is 5.73 Å². The first kappa shape index (κ1) is 15.5. The summed E-state index contributed by atoms with van der Waals surface area (Å²) in [5.41, 5.74) is 6.17. The monoisotopic (exact) mass is 283 g/mol. The summed E-state index contributed by atoms with van der Waals surface area (Å²) in [6.07, 6.45) is 0.902. The summed E-state index contributed by atoms with van der Waals surface area (Å²) in [6.45, 7) is 0.936. The molecule has 0 aromatic heterocycles. The second-order valence-corrected chi connectivity index (χ2v) is 4.27. The Morgan fingerprint density at radius 1 is 1.37 bits per heavy atom. The number of rotatable bonds is 4. The molecule has 1 atom stereocenters. The van der Waals surface area contributed by atoms with E-state index in [0.717, 1.165) is 5.69 Å². The Morgan fingerprint density at radius 3 is 2.68 bits per heavy atom. The van der Waals surface area contributed by atoms with Crippen LogP contribution in [-0.4, -0.2) is 30.9 Å². The zero-order valence-corrected chi connectivity index (χ0v) is 11.4. The predicted octanol–water partition coefficient (Wildman–Crippen LogP) is 0.679. The van der Waals surface area contributed by atoms with Crippen LogP contribution in [0, 0.1) is 0 Å². The number of nitrogens with two attached hydrogens (primary N) is 1. The molecule has 2 amide bonds. The summed E-state index contributed by atoms with van der Waals surface area (Å²) in [5.74, 6) is -0.211. The van der Waals surface area contributed by atoms with Crippen molar-refractivity contribution < 1.29 is 9.59 Å². The minimum absolute atomic E-state index is 0. The highest BCUT2D eigenvalue weighted by molar-refractivity contribution is 6.01. The maximum absolute atomic E-state index is 12.1. The number of carbonyl (C=O) groups excluding carboxylic acids is 2. The molecule has 19 heavy (non-hydrogen) atoms. The Balaban J connectivity index is 0.00000180. The van der Waals surface area contributed by atoms with Crippen LogP contribution in [0.15, 0.2) is 30.3 Å². The second kappa shape index (κ2) is 7.11. The van der Waals surface area contributed by atoms with E-state index in [1.807, 2.05) is 30.3 Å². The van der Waals surface area contributed by atoms with Crippen LogP contribution in [-0.2, 0) is 9.59 Å². The largest absolute Gasteiger partial charge is 0.344 e. The van der Waals surface area contributed by atoms with E-state index >= 15 is 0 Å². The number of para-hydroxylation sites is 1. The van der Waals surface area contributed by atoms with Crippen molar-refractivity contribution in [1.82, 2.24) is 5.32 Å². The summed E-state index contributed by atoms with van der Waals surface area (Å²) in [4.78, 5) is 25.3. The molecule has 1 aromatic rings. The second-order valence-electron chi connectivity index (χ2n) is 4.27. The molecular weight excluding hydrogens is 266 g/mol. The molecule has 5 nitrogen and oxygen atoms in total. The van der Waals surface area contributed by atoms with Crippen molar-refractivity contribution in [2.75, 3.05) is 18.0 Å². The quantitative estimate of drug-likeness (QED) is 0.853. The molecule has 6 heteroatoms. The van der Waals surface area contributed by atoms with Crippen molar-refractivity contribution in [3.8, 4) is 0 Å². The Labute approximate surface area is 118 Å². The van der Waals surface area contributed by atoms with Gasteiger partial charge in [0, 0.05) is 25.2 Å². The molecule has 1 aliphatic heterocycles. The molecule has 1 aliphatic rings. The van der Waals surface area contributed by atoms with Gasteiger partial charge in [-0.15, -0.1) is 12.4 Å². The zero-order chi connectivity index (χ0) is 13.0. The minimum Gasteiger partial charge on any atom is -0.344 e. The lowest BCUT2D eigenvalue weighted by Gasteiger charge is -2.17. The Hall–Kier alpha value is -1.59. The van der Waals surface area contributed by atoms with Gasteiger partial charge in [-0.1, -0.05) is 18.2 Å². The van der Waals surface area contributed by atoms with E-state index in [2.05, 4.69) is 5.32 Å². The van der Waals surface area contributed by atoms with Crippen molar-refractivity contribution in [1.29, 1.82) is 0 Å². The number of halogens is 1. The first-order valence-corrected chi connectivity index (χ1v) is 6.08. The highest BCUT2D eigenvalue weighted by Crippen LogP contribution is 2.20. The van der Waals surface area contributed by atoms with E-state index in [-0.39, 0.29) is 30.6 Å². The number of benzene rings is 1. The van der Waals surface area contributed by atoms with Gasteiger partial charge in [0.05, 0.1) is 0 Å². The minimum atomic E-state index is -0.413. The average molecular weight is 284 g/mol. The van der Waals surface area contributed by atoms with Gasteiger partial charge in [-0.05, 0) is 18.6 Å². The molecule has 1 heterocycles. The van der Waals surface area contributed by atoms with Crippen LogP contribution in [0.4, 0.5) is 5.69 Å². The van der Waals surface area contributed by atoms with Crippen molar-refractivity contribution in [3.05, 3.63) is 30.3 Å². The number of hydrogen-bond acceptors (Lipinski definition) is 3. The van der Waals surface area contributed by atoms with E-state index in [9.17, 15) is 9.59 Å². The third-order valence-corrected chi connectivity index (χ3v) is 2.98. The molecule has 0 aliphatic carbocycles. The van der Waals surface area contributed by atoms with E-state index in [0.29, 0.717) is 19.5 Å². The maximum atomic E-state index is 12.1. The lowest BCUT2D eigenvalue weighted by atomic mass is 10.2. The molecule has 1 fully saturated rings. The van der Waals surface area contributed by atoms with Gasteiger partial charge in [0.1, 0.15) is 6.04 Å². The Bertz CT molecular complexity index is 439. The molecule has 0 saturated carbocycles. The number of hydrogen-bond donors (Lipinski definition) is 2. The fraction of sp³-hybridized carbons (Fsp3) is 0.385. The highest BCUT2D eigenvalue weighted by atomic mass is 35.5. The van der Waals surface area contributed by atoms with Gasteiger partial charge in [-0.2, -0.15) is 0 Å². The van der Waals surface area contributed by atoms with Crippen LogP contribution < -0.4 is 16.0 Å². The van der Waals surface area contributed by atoms with Gasteiger partial charge in [0.25, 0.3) is 0 Å². The van der Waals surface area contributed by atoms with Crippen molar-refractivity contribution in [3.63, 3.8) is 0 Å². The fourth-order valence-corrected chi connectivity index (χ4v) is 2.08. The molecule has 1 unspecified atom stereocenters. The molecule has 0 spiro atoms. The third kappa shape index (κ3) is 3.68. The number of carbonyl (C=O) groups is 2. The van der Waals surface area contributed by atoms with E-state index in [4.69, 9.17) is 5.73 Å².